The van der Waals surface area contributed by atoms with Gasteiger partial charge in [0.2, 0.25) is 0 Å². The van der Waals surface area contributed by atoms with Crippen LogP contribution in [0.5, 0.6) is 11.5 Å². The maximum absolute atomic E-state index is 6.55. The molecular formula is C43H27NO2. The standard InChI is InChI=1S/C43H27NO2/c1-2-12-27(13-3-1)29-24-25-37(41-32-15-5-9-19-38(32)46-42(29)41)44-28-22-23-31-30-14-4-6-16-33(30)43(36(31)26-28)34-17-7-10-20-39(34)45-40-21-11-8-18-35(40)43/h1-26,44H. The summed E-state index contributed by atoms with van der Waals surface area (Å²) in [4.78, 5) is 0. The Kier molecular flexibility index (Phi) is 5.20. The first-order chi connectivity index (χ1) is 22.8. The average molecular weight is 590 g/mol. The maximum Gasteiger partial charge on any atom is 0.145 e. The van der Waals surface area contributed by atoms with E-state index in [1.807, 2.05) is 18.2 Å². The Morgan fingerprint density at radius 1 is 0.478 bits per heavy atom. The fourth-order valence-electron chi connectivity index (χ4n) is 7.86. The molecule has 3 nitrogen and oxygen atoms in total. The van der Waals surface area contributed by atoms with Gasteiger partial charge in [-0.25, -0.2) is 0 Å². The molecule has 0 radical (unpaired) electrons. The predicted octanol–water partition coefficient (Wildman–Crippen LogP) is 11.5. The Hall–Kier alpha value is -6.06. The molecule has 10 rings (SSSR count). The Morgan fingerprint density at radius 2 is 1.11 bits per heavy atom. The molecule has 0 atom stereocenters. The van der Waals surface area contributed by atoms with Crippen LogP contribution in [0.4, 0.5) is 11.4 Å². The molecule has 0 fully saturated rings. The van der Waals surface area contributed by atoms with Crippen LogP contribution in [0.1, 0.15) is 22.3 Å². The highest BCUT2D eigenvalue weighted by molar-refractivity contribution is 6.16. The lowest BCUT2D eigenvalue weighted by atomic mass is 9.66. The third-order valence-corrected chi connectivity index (χ3v) is 9.74. The predicted molar refractivity (Wildman–Crippen MR) is 186 cm³/mol. The van der Waals surface area contributed by atoms with E-state index >= 15 is 0 Å². The number of ether oxygens (including phenoxy) is 1. The SMILES string of the molecule is c1ccc(-c2ccc(Nc3ccc4c(c3)C3(c5ccccc5Oc5ccccc53)c3ccccc3-4)c3c2oc2ccccc23)cc1. The summed E-state index contributed by atoms with van der Waals surface area (Å²) in [5.74, 6) is 1.79. The van der Waals surface area contributed by atoms with Crippen molar-refractivity contribution in [1.29, 1.82) is 0 Å². The lowest BCUT2D eigenvalue weighted by Crippen LogP contribution is -2.32. The first kappa shape index (κ1) is 25.3. The van der Waals surface area contributed by atoms with Crippen molar-refractivity contribution in [2.24, 2.45) is 0 Å². The number of nitrogens with one attached hydrogen (secondary N) is 1. The second-order valence-corrected chi connectivity index (χ2v) is 12.1. The van der Waals surface area contributed by atoms with E-state index < -0.39 is 5.41 Å². The van der Waals surface area contributed by atoms with Crippen LogP contribution in [0.25, 0.3) is 44.2 Å². The van der Waals surface area contributed by atoms with Crippen molar-refractivity contribution >= 4 is 33.3 Å². The lowest BCUT2D eigenvalue weighted by Gasteiger charge is -2.39. The number of furan rings is 1. The molecule has 216 valence electrons. The molecule has 2 aliphatic rings. The number of rotatable bonds is 3. The molecule has 0 saturated carbocycles. The molecular weight excluding hydrogens is 562 g/mol. The van der Waals surface area contributed by atoms with Gasteiger partial charge in [-0.05, 0) is 70.3 Å². The van der Waals surface area contributed by atoms with Crippen molar-refractivity contribution in [1.82, 2.24) is 0 Å². The summed E-state index contributed by atoms with van der Waals surface area (Å²) in [6, 6.07) is 55.7. The van der Waals surface area contributed by atoms with E-state index in [4.69, 9.17) is 9.15 Å². The monoisotopic (exact) mass is 589 g/mol. The maximum atomic E-state index is 6.55. The molecule has 0 unspecified atom stereocenters. The van der Waals surface area contributed by atoms with Gasteiger partial charge >= 0.3 is 0 Å². The number of fused-ring (bicyclic) bond motifs is 12. The van der Waals surface area contributed by atoms with E-state index in [0.29, 0.717) is 0 Å². The van der Waals surface area contributed by atoms with Crippen LogP contribution in [-0.2, 0) is 5.41 Å². The molecule has 46 heavy (non-hydrogen) atoms. The van der Waals surface area contributed by atoms with Gasteiger partial charge in [0.1, 0.15) is 22.7 Å². The van der Waals surface area contributed by atoms with Crippen molar-refractivity contribution in [2.75, 3.05) is 5.32 Å². The number of para-hydroxylation sites is 3. The normalized spacial score (nSPS) is 13.6. The number of anilines is 2. The fourth-order valence-corrected chi connectivity index (χ4v) is 7.86. The van der Waals surface area contributed by atoms with Crippen molar-refractivity contribution in [3.8, 4) is 33.8 Å². The van der Waals surface area contributed by atoms with Crippen molar-refractivity contribution in [2.45, 2.75) is 5.41 Å². The van der Waals surface area contributed by atoms with Crippen LogP contribution in [0.15, 0.2) is 162 Å². The first-order valence-corrected chi connectivity index (χ1v) is 15.7. The summed E-state index contributed by atoms with van der Waals surface area (Å²) in [6.45, 7) is 0. The van der Waals surface area contributed by atoms with Crippen molar-refractivity contribution in [3.63, 3.8) is 0 Å². The number of hydrogen-bond acceptors (Lipinski definition) is 3. The smallest absolute Gasteiger partial charge is 0.145 e. The summed E-state index contributed by atoms with van der Waals surface area (Å²) >= 11 is 0. The molecule has 1 aliphatic heterocycles. The van der Waals surface area contributed by atoms with Gasteiger partial charge in [-0.15, -0.1) is 0 Å². The van der Waals surface area contributed by atoms with Gasteiger partial charge in [-0.1, -0.05) is 115 Å². The Labute approximate surface area is 266 Å². The quantitative estimate of drug-likeness (QED) is 0.223. The number of hydrogen-bond donors (Lipinski definition) is 1. The molecule has 7 aromatic carbocycles. The fraction of sp³-hybridized carbons (Fsp3) is 0.0233. The zero-order chi connectivity index (χ0) is 30.2. The van der Waals surface area contributed by atoms with Gasteiger partial charge in [0.15, 0.2) is 0 Å². The van der Waals surface area contributed by atoms with Crippen LogP contribution in [0.3, 0.4) is 0 Å². The zero-order valence-electron chi connectivity index (χ0n) is 24.8. The van der Waals surface area contributed by atoms with Gasteiger partial charge in [0.05, 0.1) is 16.5 Å². The van der Waals surface area contributed by atoms with Gasteiger partial charge < -0.3 is 14.5 Å². The zero-order valence-corrected chi connectivity index (χ0v) is 24.8. The van der Waals surface area contributed by atoms with Gasteiger partial charge in [0.25, 0.3) is 0 Å². The molecule has 1 spiro atoms. The van der Waals surface area contributed by atoms with E-state index in [1.54, 1.807) is 0 Å². The topological polar surface area (TPSA) is 34.4 Å². The summed E-state index contributed by atoms with van der Waals surface area (Å²) in [5.41, 5.74) is 12.8. The molecule has 0 amide bonds. The Balaban J connectivity index is 1.20. The summed E-state index contributed by atoms with van der Waals surface area (Å²) < 4.78 is 13.1. The molecule has 8 aromatic rings. The van der Waals surface area contributed by atoms with E-state index in [-0.39, 0.29) is 0 Å². The molecule has 0 bridgehead atoms. The molecule has 2 heterocycles. The van der Waals surface area contributed by atoms with E-state index in [0.717, 1.165) is 67.1 Å². The minimum absolute atomic E-state index is 0.510. The average Bonchev–Trinajstić information content (AvgIpc) is 3.64. The first-order valence-electron chi connectivity index (χ1n) is 15.7. The molecule has 0 saturated heterocycles. The van der Waals surface area contributed by atoms with Crippen molar-refractivity contribution < 1.29 is 9.15 Å². The van der Waals surface area contributed by atoms with Crippen LogP contribution in [-0.4, -0.2) is 0 Å². The third-order valence-electron chi connectivity index (χ3n) is 9.74. The Morgan fingerprint density at radius 3 is 1.91 bits per heavy atom. The molecule has 3 heteroatoms. The van der Waals surface area contributed by atoms with E-state index in [9.17, 15) is 0 Å². The van der Waals surface area contributed by atoms with Gasteiger partial charge in [-0.3, -0.25) is 0 Å². The largest absolute Gasteiger partial charge is 0.457 e. The van der Waals surface area contributed by atoms with Gasteiger partial charge in [-0.2, -0.15) is 0 Å². The van der Waals surface area contributed by atoms with Crippen LogP contribution >= 0.6 is 0 Å². The summed E-state index contributed by atoms with van der Waals surface area (Å²) in [7, 11) is 0. The summed E-state index contributed by atoms with van der Waals surface area (Å²) in [6.07, 6.45) is 0. The van der Waals surface area contributed by atoms with Crippen LogP contribution < -0.4 is 10.1 Å². The minimum Gasteiger partial charge on any atom is -0.457 e. The van der Waals surface area contributed by atoms with Crippen molar-refractivity contribution in [3.05, 3.63) is 180 Å². The highest BCUT2D eigenvalue weighted by Gasteiger charge is 2.51. The lowest BCUT2D eigenvalue weighted by molar-refractivity contribution is 0.436. The van der Waals surface area contributed by atoms with Crippen LogP contribution in [0.2, 0.25) is 0 Å². The second-order valence-electron chi connectivity index (χ2n) is 12.1. The van der Waals surface area contributed by atoms with E-state index in [2.05, 4.69) is 145 Å². The van der Waals surface area contributed by atoms with Crippen LogP contribution in [0, 0.1) is 0 Å². The van der Waals surface area contributed by atoms with Gasteiger partial charge in [0, 0.05) is 27.8 Å². The molecule has 1 aliphatic carbocycles. The highest BCUT2D eigenvalue weighted by atomic mass is 16.5. The molecule has 1 aromatic heterocycles. The third kappa shape index (κ3) is 3.37. The summed E-state index contributed by atoms with van der Waals surface area (Å²) in [5, 5.41) is 6.01. The minimum atomic E-state index is -0.510. The van der Waals surface area contributed by atoms with E-state index in [1.165, 1.54) is 22.3 Å². The molecule has 1 N–H and O–H groups in total. The Bertz CT molecular complexity index is 2440. The number of benzene rings is 7. The second kappa shape index (κ2) is 9.47. The highest BCUT2D eigenvalue weighted by Crippen LogP contribution is 2.62.